The number of nitrogens with one attached hydrogen (secondary N) is 1. The van der Waals surface area contributed by atoms with E-state index in [0.717, 1.165) is 19.3 Å². The summed E-state index contributed by atoms with van der Waals surface area (Å²) in [6, 6.07) is 4.04. The Labute approximate surface area is 113 Å². The Bertz CT molecular complexity index is 410. The maximum absolute atomic E-state index is 13.3. The number of nitrogen functional groups attached to an aromatic ring is 1. The molecular formula is C14H21FN2O2. The lowest BCUT2D eigenvalue weighted by molar-refractivity contribution is -0.120. The van der Waals surface area contributed by atoms with Gasteiger partial charge in [-0.2, -0.15) is 0 Å². The molecule has 0 atom stereocenters. The van der Waals surface area contributed by atoms with Crippen LogP contribution in [0.15, 0.2) is 18.2 Å². The predicted octanol–water partition coefficient (Wildman–Crippen LogP) is 2.94. The fourth-order valence-electron chi connectivity index (χ4n) is 1.62. The molecule has 1 amide bonds. The lowest BCUT2D eigenvalue weighted by atomic mass is 10.2. The standard InChI is InChI=1S/C14H21FN2O2/c1-2-3-4-5-8-19-10-14(18)17-13-9-11(16)6-7-12(13)15/h6-7,9H,2-5,8,10,16H2,1H3,(H,17,18). The third-order valence-electron chi connectivity index (χ3n) is 2.64. The second kappa shape index (κ2) is 8.48. The molecule has 1 aromatic carbocycles. The van der Waals surface area contributed by atoms with Crippen molar-refractivity contribution in [2.75, 3.05) is 24.3 Å². The first kappa shape index (κ1) is 15.4. The molecule has 0 aromatic heterocycles. The summed E-state index contributed by atoms with van der Waals surface area (Å²) in [5, 5.41) is 2.43. The Morgan fingerprint density at radius 1 is 1.37 bits per heavy atom. The van der Waals surface area contributed by atoms with Crippen LogP contribution in [-0.4, -0.2) is 19.1 Å². The van der Waals surface area contributed by atoms with Gasteiger partial charge in [-0.05, 0) is 24.6 Å². The molecule has 19 heavy (non-hydrogen) atoms. The molecule has 0 aliphatic rings. The minimum Gasteiger partial charge on any atom is -0.399 e. The number of benzene rings is 1. The van der Waals surface area contributed by atoms with Crippen molar-refractivity contribution >= 4 is 17.3 Å². The van der Waals surface area contributed by atoms with Crippen LogP contribution in [0.5, 0.6) is 0 Å². The van der Waals surface area contributed by atoms with Crippen molar-refractivity contribution in [1.82, 2.24) is 0 Å². The number of halogens is 1. The number of carbonyl (C=O) groups excluding carboxylic acids is 1. The first-order valence-electron chi connectivity index (χ1n) is 6.56. The van der Waals surface area contributed by atoms with Gasteiger partial charge in [-0.3, -0.25) is 4.79 Å². The van der Waals surface area contributed by atoms with Crippen LogP contribution >= 0.6 is 0 Å². The molecule has 1 rings (SSSR count). The molecule has 0 radical (unpaired) electrons. The zero-order valence-electron chi connectivity index (χ0n) is 11.2. The second-order valence-corrected chi connectivity index (χ2v) is 4.40. The largest absolute Gasteiger partial charge is 0.399 e. The van der Waals surface area contributed by atoms with Crippen molar-refractivity contribution in [1.29, 1.82) is 0 Å². The van der Waals surface area contributed by atoms with Crippen LogP contribution in [-0.2, 0) is 9.53 Å². The molecule has 106 valence electrons. The Hall–Kier alpha value is -1.62. The lowest BCUT2D eigenvalue weighted by Gasteiger charge is -2.08. The van der Waals surface area contributed by atoms with Crippen molar-refractivity contribution in [3.8, 4) is 0 Å². The average molecular weight is 268 g/mol. The molecule has 3 N–H and O–H groups in total. The van der Waals surface area contributed by atoms with Crippen molar-refractivity contribution in [2.45, 2.75) is 32.6 Å². The number of anilines is 2. The number of rotatable bonds is 8. The van der Waals surface area contributed by atoms with E-state index in [1.54, 1.807) is 0 Å². The van der Waals surface area contributed by atoms with Gasteiger partial charge in [0, 0.05) is 12.3 Å². The molecule has 0 bridgehead atoms. The van der Waals surface area contributed by atoms with E-state index in [4.69, 9.17) is 10.5 Å². The van der Waals surface area contributed by atoms with E-state index < -0.39 is 5.82 Å². The zero-order valence-corrected chi connectivity index (χ0v) is 11.2. The molecule has 5 heteroatoms. The molecule has 0 saturated heterocycles. The van der Waals surface area contributed by atoms with Gasteiger partial charge in [0.2, 0.25) is 5.91 Å². The summed E-state index contributed by atoms with van der Waals surface area (Å²) in [5.74, 6) is -0.884. The highest BCUT2D eigenvalue weighted by molar-refractivity contribution is 5.92. The Balaban J connectivity index is 2.25. The van der Waals surface area contributed by atoms with Crippen LogP contribution in [0.1, 0.15) is 32.6 Å². The minimum absolute atomic E-state index is 0.0691. The van der Waals surface area contributed by atoms with E-state index in [1.807, 2.05) is 0 Å². The van der Waals surface area contributed by atoms with Crippen LogP contribution in [0.2, 0.25) is 0 Å². The van der Waals surface area contributed by atoms with E-state index in [2.05, 4.69) is 12.2 Å². The first-order chi connectivity index (χ1) is 9.13. The Morgan fingerprint density at radius 2 is 2.16 bits per heavy atom. The molecule has 0 spiro atoms. The van der Waals surface area contributed by atoms with Gasteiger partial charge in [0.15, 0.2) is 0 Å². The maximum Gasteiger partial charge on any atom is 0.250 e. The van der Waals surface area contributed by atoms with Gasteiger partial charge >= 0.3 is 0 Å². The monoisotopic (exact) mass is 268 g/mol. The average Bonchev–Trinajstić information content (AvgIpc) is 2.38. The fourth-order valence-corrected chi connectivity index (χ4v) is 1.62. The van der Waals surface area contributed by atoms with Crippen molar-refractivity contribution < 1.29 is 13.9 Å². The topological polar surface area (TPSA) is 64.3 Å². The summed E-state index contributed by atoms with van der Waals surface area (Å²) >= 11 is 0. The number of nitrogens with two attached hydrogens (primary N) is 1. The van der Waals surface area contributed by atoms with E-state index in [1.165, 1.54) is 24.6 Å². The van der Waals surface area contributed by atoms with E-state index in [-0.39, 0.29) is 18.2 Å². The molecule has 0 saturated carbocycles. The smallest absolute Gasteiger partial charge is 0.250 e. The first-order valence-corrected chi connectivity index (χ1v) is 6.56. The summed E-state index contributed by atoms with van der Waals surface area (Å²) in [6.07, 6.45) is 4.37. The van der Waals surface area contributed by atoms with Gasteiger partial charge in [-0.1, -0.05) is 26.2 Å². The van der Waals surface area contributed by atoms with Gasteiger partial charge in [0.25, 0.3) is 0 Å². The number of carbonyl (C=O) groups is 1. The highest BCUT2D eigenvalue weighted by atomic mass is 19.1. The van der Waals surface area contributed by atoms with Crippen LogP contribution in [0.4, 0.5) is 15.8 Å². The molecule has 0 fully saturated rings. The van der Waals surface area contributed by atoms with Gasteiger partial charge in [0.1, 0.15) is 12.4 Å². The number of ether oxygens (including phenoxy) is 1. The van der Waals surface area contributed by atoms with Gasteiger partial charge in [-0.25, -0.2) is 4.39 Å². The summed E-state index contributed by atoms with van der Waals surface area (Å²) < 4.78 is 18.6. The van der Waals surface area contributed by atoms with Crippen LogP contribution in [0.25, 0.3) is 0 Å². The van der Waals surface area contributed by atoms with Crippen LogP contribution in [0, 0.1) is 5.82 Å². The van der Waals surface area contributed by atoms with Crippen molar-refractivity contribution in [2.24, 2.45) is 0 Å². The third-order valence-corrected chi connectivity index (χ3v) is 2.64. The quantitative estimate of drug-likeness (QED) is 0.563. The number of unbranched alkanes of at least 4 members (excludes halogenated alkanes) is 3. The fraction of sp³-hybridized carbons (Fsp3) is 0.500. The van der Waals surface area contributed by atoms with Gasteiger partial charge < -0.3 is 15.8 Å². The van der Waals surface area contributed by atoms with Gasteiger partial charge in [-0.15, -0.1) is 0 Å². The predicted molar refractivity (Wildman–Crippen MR) is 74.4 cm³/mol. The number of hydrogen-bond donors (Lipinski definition) is 2. The highest BCUT2D eigenvalue weighted by Crippen LogP contribution is 2.17. The van der Waals surface area contributed by atoms with E-state index in [9.17, 15) is 9.18 Å². The second-order valence-electron chi connectivity index (χ2n) is 4.40. The molecule has 0 unspecified atom stereocenters. The third kappa shape index (κ3) is 6.20. The van der Waals surface area contributed by atoms with Crippen molar-refractivity contribution in [3.05, 3.63) is 24.0 Å². The Kier molecular flexibility index (Phi) is 6.89. The number of hydrogen-bond acceptors (Lipinski definition) is 3. The SMILES string of the molecule is CCCCCCOCC(=O)Nc1cc(N)ccc1F. The highest BCUT2D eigenvalue weighted by Gasteiger charge is 2.07. The van der Waals surface area contributed by atoms with Gasteiger partial charge in [0.05, 0.1) is 5.69 Å². The molecule has 0 aliphatic heterocycles. The molecule has 1 aromatic rings. The summed E-state index contributed by atoms with van der Waals surface area (Å²) in [4.78, 5) is 11.5. The minimum atomic E-state index is -0.509. The molecular weight excluding hydrogens is 247 g/mol. The molecule has 0 heterocycles. The van der Waals surface area contributed by atoms with E-state index >= 15 is 0 Å². The Morgan fingerprint density at radius 3 is 2.89 bits per heavy atom. The lowest BCUT2D eigenvalue weighted by Crippen LogP contribution is -2.19. The molecule has 4 nitrogen and oxygen atoms in total. The summed E-state index contributed by atoms with van der Waals surface area (Å²) in [6.45, 7) is 2.61. The normalized spacial score (nSPS) is 10.4. The van der Waals surface area contributed by atoms with Crippen LogP contribution < -0.4 is 11.1 Å². The van der Waals surface area contributed by atoms with E-state index in [0.29, 0.717) is 12.3 Å². The summed E-state index contributed by atoms with van der Waals surface area (Å²) in [7, 11) is 0. The zero-order chi connectivity index (χ0) is 14.1. The van der Waals surface area contributed by atoms with Crippen LogP contribution in [0.3, 0.4) is 0 Å². The maximum atomic E-state index is 13.3. The number of amides is 1. The van der Waals surface area contributed by atoms with Crippen molar-refractivity contribution in [3.63, 3.8) is 0 Å². The summed E-state index contributed by atoms with van der Waals surface area (Å²) in [5.41, 5.74) is 6.01. The molecule has 0 aliphatic carbocycles.